The van der Waals surface area contributed by atoms with Crippen molar-refractivity contribution in [2.75, 3.05) is 0 Å². The summed E-state index contributed by atoms with van der Waals surface area (Å²) < 4.78 is 58.8. The van der Waals surface area contributed by atoms with Gasteiger partial charge in [0.15, 0.2) is 4.90 Å². The molecule has 0 aliphatic rings. The highest BCUT2D eigenvalue weighted by Gasteiger charge is 2.24. The predicted molar refractivity (Wildman–Crippen MR) is 87.5 cm³/mol. The van der Waals surface area contributed by atoms with Crippen LogP contribution in [0.15, 0.2) is 58.0 Å². The number of aliphatic hydroxyl groups is 1. The van der Waals surface area contributed by atoms with Crippen LogP contribution < -0.4 is 4.72 Å². The van der Waals surface area contributed by atoms with Gasteiger partial charge in [0.1, 0.15) is 23.5 Å². The van der Waals surface area contributed by atoms with Gasteiger partial charge in [-0.2, -0.15) is 0 Å². The fraction of sp³-hybridized carbons (Fsp3) is 0.125. The Morgan fingerprint density at radius 3 is 2.48 bits per heavy atom. The van der Waals surface area contributed by atoms with Crippen molar-refractivity contribution in [2.24, 2.45) is 0 Å². The second-order valence-electron chi connectivity index (χ2n) is 5.10. The summed E-state index contributed by atoms with van der Waals surface area (Å²) in [4.78, 5) is 0.115. The number of rotatable bonds is 6. The molecule has 0 radical (unpaired) electrons. The summed E-state index contributed by atoms with van der Waals surface area (Å²) in [5.74, 6) is -1.96. The number of halogens is 2. The van der Waals surface area contributed by atoms with Crippen LogP contribution in [-0.4, -0.2) is 13.5 Å². The van der Waals surface area contributed by atoms with Crippen LogP contribution >= 0.6 is 11.3 Å². The average molecular weight is 385 g/mol. The Morgan fingerprint density at radius 2 is 1.84 bits per heavy atom. The van der Waals surface area contributed by atoms with Gasteiger partial charge in [0.05, 0.1) is 6.26 Å². The average Bonchev–Trinajstić information content (AvgIpc) is 3.24. The Hall–Kier alpha value is -2.07. The lowest BCUT2D eigenvalue weighted by molar-refractivity contribution is 0.193. The van der Waals surface area contributed by atoms with E-state index in [4.69, 9.17) is 4.42 Å². The van der Waals surface area contributed by atoms with Crippen molar-refractivity contribution in [3.8, 4) is 0 Å². The molecule has 132 valence electrons. The fourth-order valence-electron chi connectivity index (χ4n) is 2.20. The van der Waals surface area contributed by atoms with Crippen molar-refractivity contribution in [1.29, 1.82) is 0 Å². The molecule has 2 aromatic heterocycles. The van der Waals surface area contributed by atoms with Crippen LogP contribution in [0.5, 0.6) is 0 Å². The fourth-order valence-corrected chi connectivity index (χ4v) is 4.38. The zero-order valence-electron chi connectivity index (χ0n) is 12.6. The third kappa shape index (κ3) is 3.79. The van der Waals surface area contributed by atoms with Gasteiger partial charge in [-0.15, -0.1) is 11.3 Å². The lowest BCUT2D eigenvalue weighted by Crippen LogP contribution is -2.24. The highest BCUT2D eigenvalue weighted by Crippen LogP contribution is 2.29. The van der Waals surface area contributed by atoms with Gasteiger partial charge >= 0.3 is 0 Å². The van der Waals surface area contributed by atoms with E-state index < -0.39 is 32.7 Å². The molecule has 0 aliphatic heterocycles. The highest BCUT2D eigenvalue weighted by molar-refractivity contribution is 7.89. The first-order valence-corrected chi connectivity index (χ1v) is 9.42. The van der Waals surface area contributed by atoms with Crippen LogP contribution in [0.4, 0.5) is 8.78 Å². The molecule has 2 heterocycles. The van der Waals surface area contributed by atoms with Gasteiger partial charge in [0.25, 0.3) is 0 Å². The van der Waals surface area contributed by atoms with Crippen LogP contribution in [-0.2, 0) is 16.6 Å². The maximum absolute atomic E-state index is 13.6. The summed E-state index contributed by atoms with van der Waals surface area (Å²) in [5.41, 5.74) is 0. The van der Waals surface area contributed by atoms with Crippen molar-refractivity contribution in [3.63, 3.8) is 0 Å². The Kier molecular flexibility index (Phi) is 5.00. The molecule has 5 nitrogen and oxygen atoms in total. The molecule has 25 heavy (non-hydrogen) atoms. The van der Waals surface area contributed by atoms with Crippen molar-refractivity contribution in [3.05, 3.63) is 75.9 Å². The van der Waals surface area contributed by atoms with Crippen LogP contribution in [0, 0.1) is 11.6 Å². The number of sulfonamides is 1. The number of aliphatic hydroxyl groups excluding tert-OH is 1. The topological polar surface area (TPSA) is 79.5 Å². The van der Waals surface area contributed by atoms with Gasteiger partial charge in [-0.25, -0.2) is 21.9 Å². The minimum atomic E-state index is -4.35. The zero-order chi connectivity index (χ0) is 18.0. The van der Waals surface area contributed by atoms with Crippen molar-refractivity contribution in [1.82, 2.24) is 4.72 Å². The molecule has 0 unspecified atom stereocenters. The molecule has 0 aliphatic carbocycles. The number of hydrogen-bond donors (Lipinski definition) is 2. The Balaban J connectivity index is 1.74. The van der Waals surface area contributed by atoms with E-state index in [0.29, 0.717) is 15.5 Å². The molecule has 3 rings (SSSR count). The van der Waals surface area contributed by atoms with E-state index in [1.54, 1.807) is 24.3 Å². The first-order valence-electron chi connectivity index (χ1n) is 7.12. The number of benzene rings is 1. The number of furan rings is 1. The molecule has 0 spiro atoms. The standard InChI is InChI=1S/C16H13F2NO4S2/c17-11-3-1-4-12(18)16(11)25(21,22)19-9-10-6-7-14(24-10)15(20)13-5-2-8-23-13/h1-8,15,19-20H,9H2/t15-/m1/s1. The molecular weight excluding hydrogens is 372 g/mol. The number of hydrogen-bond acceptors (Lipinski definition) is 5. The Bertz CT molecular complexity index is 948. The third-order valence-electron chi connectivity index (χ3n) is 3.39. The summed E-state index contributed by atoms with van der Waals surface area (Å²) in [6, 6.07) is 9.35. The largest absolute Gasteiger partial charge is 0.466 e. The van der Waals surface area contributed by atoms with E-state index in [0.717, 1.165) is 29.5 Å². The summed E-state index contributed by atoms with van der Waals surface area (Å²) in [6.45, 7) is -0.161. The summed E-state index contributed by atoms with van der Waals surface area (Å²) in [6.07, 6.45) is 0.471. The van der Waals surface area contributed by atoms with Gasteiger partial charge in [-0.3, -0.25) is 0 Å². The van der Waals surface area contributed by atoms with Gasteiger partial charge in [-0.05, 0) is 36.4 Å². The molecule has 0 saturated carbocycles. The first kappa shape index (κ1) is 17.7. The predicted octanol–water partition coefficient (Wildman–Crippen LogP) is 3.18. The molecule has 0 fully saturated rings. The smallest absolute Gasteiger partial charge is 0.246 e. The van der Waals surface area contributed by atoms with E-state index in [-0.39, 0.29) is 6.54 Å². The van der Waals surface area contributed by atoms with Gasteiger partial charge in [0.2, 0.25) is 10.0 Å². The molecule has 1 atom stereocenters. The first-order chi connectivity index (χ1) is 11.9. The van der Waals surface area contributed by atoms with Crippen LogP contribution in [0.25, 0.3) is 0 Å². The summed E-state index contributed by atoms with van der Waals surface area (Å²) in [7, 11) is -4.35. The summed E-state index contributed by atoms with van der Waals surface area (Å²) >= 11 is 1.16. The maximum atomic E-state index is 13.6. The van der Waals surface area contributed by atoms with E-state index >= 15 is 0 Å². The van der Waals surface area contributed by atoms with E-state index in [1.165, 1.54) is 6.26 Å². The molecule has 0 amide bonds. The third-order valence-corrected chi connectivity index (χ3v) is 5.98. The maximum Gasteiger partial charge on any atom is 0.246 e. The summed E-state index contributed by atoms with van der Waals surface area (Å²) in [5, 5.41) is 10.2. The number of thiophene rings is 1. The molecule has 1 aromatic carbocycles. The van der Waals surface area contributed by atoms with Crippen LogP contribution in [0.1, 0.15) is 21.6 Å². The molecule has 0 bridgehead atoms. The van der Waals surface area contributed by atoms with Crippen LogP contribution in [0.2, 0.25) is 0 Å². The minimum absolute atomic E-state index is 0.161. The minimum Gasteiger partial charge on any atom is -0.466 e. The van der Waals surface area contributed by atoms with Crippen molar-refractivity contribution >= 4 is 21.4 Å². The number of nitrogens with one attached hydrogen (secondary N) is 1. The van der Waals surface area contributed by atoms with E-state index in [2.05, 4.69) is 4.72 Å². The zero-order valence-corrected chi connectivity index (χ0v) is 14.3. The Labute approximate surface area is 146 Å². The lowest BCUT2D eigenvalue weighted by Gasteiger charge is -2.08. The Morgan fingerprint density at radius 1 is 1.12 bits per heavy atom. The quantitative estimate of drug-likeness (QED) is 0.683. The van der Waals surface area contributed by atoms with Gasteiger partial charge in [-0.1, -0.05) is 6.07 Å². The van der Waals surface area contributed by atoms with Gasteiger partial charge in [0, 0.05) is 16.3 Å². The lowest BCUT2D eigenvalue weighted by atomic mass is 10.2. The van der Waals surface area contributed by atoms with Crippen LogP contribution in [0.3, 0.4) is 0 Å². The van der Waals surface area contributed by atoms with E-state index in [9.17, 15) is 22.3 Å². The molecule has 0 saturated heterocycles. The second-order valence-corrected chi connectivity index (χ2v) is 8.00. The molecular formula is C16H13F2NO4S2. The molecule has 2 N–H and O–H groups in total. The van der Waals surface area contributed by atoms with Crippen molar-refractivity contribution in [2.45, 2.75) is 17.5 Å². The van der Waals surface area contributed by atoms with Gasteiger partial charge < -0.3 is 9.52 Å². The molecule has 9 heteroatoms. The van der Waals surface area contributed by atoms with E-state index in [1.807, 2.05) is 0 Å². The molecule has 3 aromatic rings. The SMILES string of the molecule is O=S(=O)(NCc1ccc([C@H](O)c2ccco2)s1)c1c(F)cccc1F. The normalized spacial score (nSPS) is 13.1. The second kappa shape index (κ2) is 7.04. The highest BCUT2D eigenvalue weighted by atomic mass is 32.2. The monoisotopic (exact) mass is 385 g/mol. The van der Waals surface area contributed by atoms with Crippen molar-refractivity contribution < 1.29 is 26.7 Å².